The first-order valence-electron chi connectivity index (χ1n) is 10.0. The topological polar surface area (TPSA) is 114 Å². The predicted octanol–water partition coefficient (Wildman–Crippen LogP) is 2.16. The van der Waals surface area contributed by atoms with Gasteiger partial charge in [0.05, 0.1) is 12.1 Å². The molecule has 2 amide bonds. The highest BCUT2D eigenvalue weighted by Crippen LogP contribution is 2.29. The molecule has 2 heterocycles. The van der Waals surface area contributed by atoms with Gasteiger partial charge in [0, 0.05) is 23.3 Å². The van der Waals surface area contributed by atoms with Crippen LogP contribution in [0.1, 0.15) is 30.2 Å². The van der Waals surface area contributed by atoms with Gasteiger partial charge >= 0.3 is 0 Å². The van der Waals surface area contributed by atoms with Crippen LogP contribution in [-0.4, -0.2) is 40.3 Å². The first-order chi connectivity index (χ1) is 14.2. The fraction of sp³-hybridized carbons (Fsp3) is 0.409. The second-order valence-corrected chi connectivity index (χ2v) is 8.84. The normalized spacial score (nSPS) is 20.1. The van der Waals surface area contributed by atoms with Gasteiger partial charge in [-0.05, 0) is 61.9 Å². The fourth-order valence-corrected chi connectivity index (χ4v) is 4.53. The van der Waals surface area contributed by atoms with E-state index >= 15 is 0 Å². The summed E-state index contributed by atoms with van der Waals surface area (Å²) >= 11 is 3.50. The van der Waals surface area contributed by atoms with Crippen molar-refractivity contribution < 1.29 is 9.59 Å². The van der Waals surface area contributed by atoms with Gasteiger partial charge in [-0.1, -0.05) is 34.1 Å². The van der Waals surface area contributed by atoms with Crippen LogP contribution in [0.3, 0.4) is 0 Å². The number of nitrogens with two attached hydrogens (primary N) is 2. The van der Waals surface area contributed by atoms with Crippen molar-refractivity contribution in [2.45, 2.75) is 45.3 Å². The van der Waals surface area contributed by atoms with Crippen molar-refractivity contribution in [1.82, 2.24) is 15.2 Å². The van der Waals surface area contributed by atoms with E-state index in [-0.39, 0.29) is 17.7 Å². The molecule has 8 heteroatoms. The number of carbonyl (C=O) groups excluding carboxylic acids is 2. The highest BCUT2D eigenvalue weighted by atomic mass is 79.9. The molecule has 1 aliphatic rings. The summed E-state index contributed by atoms with van der Waals surface area (Å²) in [6, 6.07) is 10.8. The zero-order chi connectivity index (χ0) is 21.8. The molecule has 30 heavy (non-hydrogen) atoms. The molecule has 3 rings (SSSR count). The van der Waals surface area contributed by atoms with E-state index in [1.54, 1.807) is 6.07 Å². The van der Waals surface area contributed by atoms with E-state index in [1.807, 2.05) is 36.9 Å². The summed E-state index contributed by atoms with van der Waals surface area (Å²) < 4.78 is 1.03. The Morgan fingerprint density at radius 1 is 1.33 bits per heavy atom. The van der Waals surface area contributed by atoms with Crippen LogP contribution in [0, 0.1) is 12.8 Å². The van der Waals surface area contributed by atoms with Gasteiger partial charge in [0.15, 0.2) is 0 Å². The summed E-state index contributed by atoms with van der Waals surface area (Å²) in [5.74, 6) is 0.190. The SMILES string of the molecule is Cc1nc(N)ccc1CNC(=O)[C@H](C)N1CC(Cc2cccc(Br)c2)CC1C(N)=O. The minimum Gasteiger partial charge on any atom is -0.384 e. The second kappa shape index (κ2) is 9.57. The lowest BCUT2D eigenvalue weighted by Crippen LogP contribution is -2.51. The molecule has 1 aromatic heterocycles. The van der Waals surface area contributed by atoms with Crippen molar-refractivity contribution in [2.75, 3.05) is 12.3 Å². The van der Waals surface area contributed by atoms with Gasteiger partial charge < -0.3 is 16.8 Å². The number of nitrogens with one attached hydrogen (secondary N) is 1. The number of nitrogens with zero attached hydrogens (tertiary/aromatic N) is 2. The average Bonchev–Trinajstić information content (AvgIpc) is 3.10. The summed E-state index contributed by atoms with van der Waals surface area (Å²) in [6.07, 6.45) is 1.49. The number of aromatic nitrogens is 1. The molecule has 2 unspecified atom stereocenters. The number of amides is 2. The highest BCUT2D eigenvalue weighted by Gasteiger charge is 2.40. The number of nitrogen functional groups attached to an aromatic ring is 1. The summed E-state index contributed by atoms with van der Waals surface area (Å²) in [6.45, 7) is 4.69. The zero-order valence-corrected chi connectivity index (χ0v) is 18.9. The van der Waals surface area contributed by atoms with Crippen LogP contribution in [0.5, 0.6) is 0 Å². The van der Waals surface area contributed by atoms with Crippen molar-refractivity contribution in [3.8, 4) is 0 Å². The van der Waals surface area contributed by atoms with Crippen molar-refractivity contribution in [1.29, 1.82) is 0 Å². The smallest absolute Gasteiger partial charge is 0.237 e. The molecule has 0 radical (unpaired) electrons. The van der Waals surface area contributed by atoms with Crippen LogP contribution in [-0.2, 0) is 22.6 Å². The number of anilines is 1. The molecule has 1 aromatic carbocycles. The minimum atomic E-state index is -0.461. The van der Waals surface area contributed by atoms with Crippen molar-refractivity contribution in [3.05, 3.63) is 57.7 Å². The van der Waals surface area contributed by atoms with E-state index in [2.05, 4.69) is 38.4 Å². The standard InChI is InChI=1S/C22H28BrN5O2/c1-13-17(6-7-20(24)27-13)11-26-22(30)14(2)28-12-16(10-19(28)21(25)29)8-15-4-3-5-18(23)9-15/h3-7,9,14,16,19H,8,10-12H2,1-2H3,(H2,24,27)(H2,25,29)(H,26,30)/t14-,16?,19?/m0/s1. The van der Waals surface area contributed by atoms with Crippen LogP contribution in [0.25, 0.3) is 0 Å². The Kier molecular flexibility index (Phi) is 7.10. The number of benzene rings is 1. The number of hydrogen-bond donors (Lipinski definition) is 3. The molecule has 160 valence electrons. The summed E-state index contributed by atoms with van der Waals surface area (Å²) in [5, 5.41) is 2.95. The first-order valence-corrected chi connectivity index (χ1v) is 10.8. The maximum Gasteiger partial charge on any atom is 0.237 e. The predicted molar refractivity (Wildman–Crippen MR) is 120 cm³/mol. The first kappa shape index (κ1) is 22.2. The van der Waals surface area contributed by atoms with Crippen LogP contribution in [0.4, 0.5) is 5.82 Å². The van der Waals surface area contributed by atoms with Crippen molar-refractivity contribution in [3.63, 3.8) is 0 Å². The molecule has 1 aliphatic heterocycles. The van der Waals surface area contributed by atoms with Gasteiger partial charge in [-0.15, -0.1) is 0 Å². The molecule has 0 spiro atoms. The molecule has 2 aromatic rings. The number of carbonyl (C=O) groups is 2. The number of halogens is 1. The monoisotopic (exact) mass is 473 g/mol. The van der Waals surface area contributed by atoms with E-state index in [4.69, 9.17) is 11.5 Å². The maximum atomic E-state index is 12.8. The molecule has 1 saturated heterocycles. The summed E-state index contributed by atoms with van der Waals surface area (Å²) in [4.78, 5) is 31.0. The summed E-state index contributed by atoms with van der Waals surface area (Å²) in [5.41, 5.74) is 14.2. The molecule has 7 nitrogen and oxygen atoms in total. The van der Waals surface area contributed by atoms with Gasteiger partial charge in [-0.3, -0.25) is 14.5 Å². The maximum absolute atomic E-state index is 12.8. The Bertz CT molecular complexity index is 935. The second-order valence-electron chi connectivity index (χ2n) is 7.93. The molecule has 0 saturated carbocycles. The van der Waals surface area contributed by atoms with Crippen LogP contribution in [0.2, 0.25) is 0 Å². The Hall–Kier alpha value is -2.45. The molecular formula is C22H28BrN5O2. The molecule has 0 aliphatic carbocycles. The lowest BCUT2D eigenvalue weighted by molar-refractivity contribution is -0.129. The zero-order valence-electron chi connectivity index (χ0n) is 17.3. The highest BCUT2D eigenvalue weighted by molar-refractivity contribution is 9.10. The van der Waals surface area contributed by atoms with Crippen LogP contribution < -0.4 is 16.8 Å². The van der Waals surface area contributed by atoms with Crippen LogP contribution >= 0.6 is 15.9 Å². The third-order valence-electron chi connectivity index (χ3n) is 5.71. The van der Waals surface area contributed by atoms with E-state index in [0.717, 1.165) is 22.2 Å². The van der Waals surface area contributed by atoms with Gasteiger partial charge in [-0.25, -0.2) is 4.98 Å². The lowest BCUT2D eigenvalue weighted by Gasteiger charge is -2.28. The molecule has 0 bridgehead atoms. The summed E-state index contributed by atoms with van der Waals surface area (Å²) in [7, 11) is 0. The third kappa shape index (κ3) is 5.37. The third-order valence-corrected chi connectivity index (χ3v) is 6.21. The lowest BCUT2D eigenvalue weighted by atomic mass is 9.97. The van der Waals surface area contributed by atoms with Gasteiger partial charge in [-0.2, -0.15) is 0 Å². The van der Waals surface area contributed by atoms with E-state index in [1.165, 1.54) is 5.56 Å². The van der Waals surface area contributed by atoms with Gasteiger partial charge in [0.1, 0.15) is 5.82 Å². The van der Waals surface area contributed by atoms with E-state index < -0.39 is 12.1 Å². The fourth-order valence-electron chi connectivity index (χ4n) is 4.08. The Morgan fingerprint density at radius 3 is 2.77 bits per heavy atom. The van der Waals surface area contributed by atoms with E-state index in [9.17, 15) is 9.59 Å². The number of likely N-dealkylation sites (tertiary alicyclic amines) is 1. The Morgan fingerprint density at radius 2 is 2.10 bits per heavy atom. The largest absolute Gasteiger partial charge is 0.384 e. The van der Waals surface area contributed by atoms with E-state index in [0.29, 0.717) is 25.3 Å². The number of rotatable bonds is 7. The average molecular weight is 474 g/mol. The Labute approximate surface area is 185 Å². The minimum absolute atomic E-state index is 0.138. The molecule has 3 atom stereocenters. The number of primary amides is 1. The number of hydrogen-bond acceptors (Lipinski definition) is 5. The Balaban J connectivity index is 1.64. The van der Waals surface area contributed by atoms with Crippen molar-refractivity contribution >= 4 is 33.6 Å². The van der Waals surface area contributed by atoms with Gasteiger partial charge in [0.2, 0.25) is 11.8 Å². The molecule has 5 N–H and O–H groups in total. The molecule has 1 fully saturated rings. The molecular weight excluding hydrogens is 446 g/mol. The quantitative estimate of drug-likeness (QED) is 0.569. The number of aryl methyl sites for hydroxylation is 1. The van der Waals surface area contributed by atoms with Crippen LogP contribution in [0.15, 0.2) is 40.9 Å². The van der Waals surface area contributed by atoms with Gasteiger partial charge in [0.25, 0.3) is 0 Å². The number of pyridine rings is 1. The van der Waals surface area contributed by atoms with Crippen molar-refractivity contribution in [2.24, 2.45) is 11.7 Å².